The van der Waals surface area contributed by atoms with Gasteiger partial charge in [-0.25, -0.2) is 17.2 Å². The first-order valence-electron chi connectivity index (χ1n) is 6.46. The van der Waals surface area contributed by atoms with E-state index in [2.05, 4.69) is 5.32 Å². The second-order valence-corrected chi connectivity index (χ2v) is 7.27. The fourth-order valence-electron chi connectivity index (χ4n) is 2.61. The smallest absolute Gasteiger partial charge is 0.181 e. The first-order chi connectivity index (χ1) is 8.99. The Morgan fingerprint density at radius 2 is 1.79 bits per heavy atom. The van der Waals surface area contributed by atoms with Crippen LogP contribution in [-0.2, 0) is 9.84 Å². The van der Waals surface area contributed by atoms with Crippen molar-refractivity contribution < 1.29 is 17.2 Å². The molecule has 6 heteroatoms. The minimum Gasteiger partial charge on any atom is -0.307 e. The molecule has 0 bridgehead atoms. The predicted molar refractivity (Wildman–Crippen MR) is 66.5 cm³/mol. The summed E-state index contributed by atoms with van der Waals surface area (Å²) in [6, 6.07) is 1.80. The monoisotopic (exact) mass is 287 g/mol. The number of rotatable bonds is 2. The van der Waals surface area contributed by atoms with Gasteiger partial charge >= 0.3 is 0 Å². The molecular weight excluding hydrogens is 272 g/mol. The first kappa shape index (κ1) is 13.0. The van der Waals surface area contributed by atoms with Crippen LogP contribution in [0.3, 0.4) is 0 Å². The number of halogens is 2. The molecule has 3 rings (SSSR count). The number of hydrogen-bond donors (Lipinski definition) is 1. The Bertz CT molecular complexity index is 611. The van der Waals surface area contributed by atoms with Crippen molar-refractivity contribution in [2.45, 2.75) is 42.7 Å². The number of fused-ring (bicyclic) bond motifs is 1. The summed E-state index contributed by atoms with van der Waals surface area (Å²) in [5, 5.41) is 3.22. The van der Waals surface area contributed by atoms with Gasteiger partial charge in [0.2, 0.25) is 0 Å². The van der Waals surface area contributed by atoms with E-state index in [0.29, 0.717) is 18.9 Å². The maximum Gasteiger partial charge on any atom is 0.181 e. The molecule has 1 aliphatic carbocycles. The third kappa shape index (κ3) is 2.39. The molecule has 1 aliphatic heterocycles. The van der Waals surface area contributed by atoms with Crippen molar-refractivity contribution in [3.05, 3.63) is 29.3 Å². The van der Waals surface area contributed by atoms with Gasteiger partial charge in [0.15, 0.2) is 9.84 Å². The maximum absolute atomic E-state index is 14.0. The van der Waals surface area contributed by atoms with E-state index in [0.717, 1.165) is 25.0 Å². The van der Waals surface area contributed by atoms with E-state index in [9.17, 15) is 17.2 Å². The van der Waals surface area contributed by atoms with Crippen molar-refractivity contribution in [1.29, 1.82) is 0 Å². The highest BCUT2D eigenvalue weighted by molar-refractivity contribution is 7.91. The van der Waals surface area contributed by atoms with Crippen LogP contribution < -0.4 is 5.32 Å². The summed E-state index contributed by atoms with van der Waals surface area (Å²) in [5.41, 5.74) is -0.00981. The van der Waals surface area contributed by atoms with Gasteiger partial charge in [-0.1, -0.05) is 0 Å². The van der Waals surface area contributed by atoms with Gasteiger partial charge < -0.3 is 5.32 Å². The molecule has 1 N–H and O–H groups in total. The van der Waals surface area contributed by atoms with E-state index in [-0.39, 0.29) is 11.3 Å². The Labute approximate surface area is 110 Å². The van der Waals surface area contributed by atoms with Gasteiger partial charge in [0.25, 0.3) is 0 Å². The average Bonchev–Trinajstić information content (AvgIpc) is 3.14. The van der Waals surface area contributed by atoms with Gasteiger partial charge in [-0.2, -0.15) is 0 Å². The van der Waals surface area contributed by atoms with Crippen molar-refractivity contribution in [3.8, 4) is 0 Å². The van der Waals surface area contributed by atoms with E-state index >= 15 is 0 Å². The third-order valence-electron chi connectivity index (χ3n) is 3.67. The molecule has 1 heterocycles. The number of benzene rings is 1. The van der Waals surface area contributed by atoms with Crippen molar-refractivity contribution >= 4 is 9.84 Å². The fourth-order valence-corrected chi connectivity index (χ4v) is 4.31. The van der Waals surface area contributed by atoms with Crippen molar-refractivity contribution in [2.24, 2.45) is 0 Å². The molecule has 19 heavy (non-hydrogen) atoms. The van der Waals surface area contributed by atoms with E-state index < -0.39 is 32.4 Å². The quantitative estimate of drug-likeness (QED) is 0.908. The fraction of sp³-hybridized carbons (Fsp3) is 0.538. The van der Waals surface area contributed by atoms with E-state index in [4.69, 9.17) is 0 Å². The lowest BCUT2D eigenvalue weighted by Gasteiger charge is -2.19. The summed E-state index contributed by atoms with van der Waals surface area (Å²) in [7, 11) is -3.73. The Balaban J connectivity index is 2.16. The van der Waals surface area contributed by atoms with Crippen molar-refractivity contribution in [3.63, 3.8) is 0 Å². The Morgan fingerprint density at radius 3 is 2.47 bits per heavy atom. The minimum absolute atomic E-state index is 0.00981. The molecule has 0 radical (unpaired) electrons. The zero-order chi connectivity index (χ0) is 13.6. The molecule has 1 saturated carbocycles. The summed E-state index contributed by atoms with van der Waals surface area (Å²) in [4.78, 5) is -0.442. The highest BCUT2D eigenvalue weighted by atomic mass is 32.2. The molecule has 1 unspecified atom stereocenters. The minimum atomic E-state index is -3.73. The average molecular weight is 287 g/mol. The molecule has 1 fully saturated rings. The molecular formula is C13H15F2NO2S. The third-order valence-corrected chi connectivity index (χ3v) is 5.54. The first-order valence-corrected chi connectivity index (χ1v) is 8.11. The van der Waals surface area contributed by atoms with Crippen LogP contribution in [-0.4, -0.2) is 20.2 Å². The molecule has 1 aromatic rings. The second-order valence-electron chi connectivity index (χ2n) is 5.23. The predicted octanol–water partition coefficient (Wildman–Crippen LogP) is 2.33. The Hall–Kier alpha value is -1.01. The normalized spacial score (nSPS) is 25.7. The maximum atomic E-state index is 14.0. The van der Waals surface area contributed by atoms with Gasteiger partial charge in [0, 0.05) is 17.6 Å². The highest BCUT2D eigenvalue weighted by Gasteiger charge is 2.35. The standard InChI is InChI=1S/C13H15F2NO2S/c14-9-5-6-10(15)13-12(9)11(16-8-3-4-8)2-1-7-19(13,17)18/h5-6,8,11,16H,1-4,7H2. The summed E-state index contributed by atoms with van der Waals surface area (Å²) >= 11 is 0. The van der Waals surface area contributed by atoms with Crippen LogP contribution in [0.2, 0.25) is 0 Å². The van der Waals surface area contributed by atoms with E-state index in [1.807, 2.05) is 0 Å². The molecule has 0 saturated heterocycles. The SMILES string of the molecule is O=S1(=O)CCCC(NC2CC2)c2c(F)ccc(F)c21. The molecule has 2 aliphatic rings. The van der Waals surface area contributed by atoms with Crippen LogP contribution in [0.4, 0.5) is 8.78 Å². The number of sulfone groups is 1. The molecule has 3 nitrogen and oxygen atoms in total. The van der Waals surface area contributed by atoms with E-state index in [1.54, 1.807) is 0 Å². The van der Waals surface area contributed by atoms with Gasteiger partial charge in [-0.15, -0.1) is 0 Å². The summed E-state index contributed by atoms with van der Waals surface area (Å²) in [6.07, 6.45) is 2.95. The van der Waals surface area contributed by atoms with Gasteiger partial charge in [0.05, 0.1) is 5.75 Å². The lowest BCUT2D eigenvalue weighted by molar-refractivity contribution is 0.455. The van der Waals surface area contributed by atoms with Gasteiger partial charge in [-0.3, -0.25) is 0 Å². The molecule has 104 valence electrons. The van der Waals surface area contributed by atoms with Gasteiger partial charge in [0.1, 0.15) is 16.5 Å². The zero-order valence-corrected chi connectivity index (χ0v) is 11.1. The zero-order valence-electron chi connectivity index (χ0n) is 10.3. The van der Waals surface area contributed by atoms with E-state index in [1.165, 1.54) is 0 Å². The van der Waals surface area contributed by atoms with Crippen LogP contribution >= 0.6 is 0 Å². The molecule has 0 aromatic heterocycles. The Morgan fingerprint density at radius 1 is 1.11 bits per heavy atom. The van der Waals surface area contributed by atoms with Crippen LogP contribution in [0.1, 0.15) is 37.3 Å². The lowest BCUT2D eigenvalue weighted by Crippen LogP contribution is -2.25. The number of nitrogens with one attached hydrogen (secondary N) is 1. The van der Waals surface area contributed by atoms with Crippen LogP contribution in [0, 0.1) is 11.6 Å². The van der Waals surface area contributed by atoms with Crippen LogP contribution in [0.25, 0.3) is 0 Å². The van der Waals surface area contributed by atoms with Gasteiger partial charge in [-0.05, 0) is 37.8 Å². The number of hydrogen-bond acceptors (Lipinski definition) is 3. The molecule has 0 spiro atoms. The summed E-state index contributed by atoms with van der Waals surface area (Å²) in [5.74, 6) is -1.61. The van der Waals surface area contributed by atoms with Crippen molar-refractivity contribution in [2.75, 3.05) is 5.75 Å². The molecule has 1 atom stereocenters. The van der Waals surface area contributed by atoms with Crippen LogP contribution in [0.15, 0.2) is 17.0 Å². The molecule has 0 amide bonds. The van der Waals surface area contributed by atoms with Crippen molar-refractivity contribution in [1.82, 2.24) is 5.32 Å². The largest absolute Gasteiger partial charge is 0.307 e. The Kier molecular flexibility index (Phi) is 3.09. The van der Waals surface area contributed by atoms with Crippen LogP contribution in [0.5, 0.6) is 0 Å². The molecule has 1 aromatic carbocycles. The summed E-state index contributed by atoms with van der Waals surface area (Å²) in [6.45, 7) is 0. The topological polar surface area (TPSA) is 46.2 Å². The highest BCUT2D eigenvalue weighted by Crippen LogP contribution is 2.36. The lowest BCUT2D eigenvalue weighted by atomic mass is 10.0. The summed E-state index contributed by atoms with van der Waals surface area (Å²) < 4.78 is 52.1. The second kappa shape index (κ2) is 4.52.